The van der Waals surface area contributed by atoms with Gasteiger partial charge in [0.15, 0.2) is 0 Å². The van der Waals surface area contributed by atoms with E-state index < -0.39 is 10.0 Å². The average Bonchev–Trinajstić information content (AvgIpc) is 2.68. The molecule has 0 amide bonds. The molecule has 4 fully saturated rings. The Kier molecular flexibility index (Phi) is 6.36. The SMILES string of the molecule is O=S(=O)(NCC1CC2CCN1CC2CN1CCSCC1)c1ccc(Cl)cc1. The molecule has 1 aromatic carbocycles. The molecule has 2 bridgehead atoms. The van der Waals surface area contributed by atoms with Gasteiger partial charge >= 0.3 is 0 Å². The van der Waals surface area contributed by atoms with Crippen molar-refractivity contribution in [3.05, 3.63) is 29.3 Å². The standard InChI is InChI=1S/C19H28ClN3O2S2/c20-17-1-3-19(4-2-17)27(24,25)21-12-18-11-15-5-6-23(18)14-16(15)13-22-7-9-26-10-8-22/h1-4,15-16,18,21H,5-14H2. The maximum absolute atomic E-state index is 12.5. The van der Waals surface area contributed by atoms with Crippen molar-refractivity contribution in [1.29, 1.82) is 0 Å². The monoisotopic (exact) mass is 429 g/mol. The van der Waals surface area contributed by atoms with Crippen LogP contribution in [-0.4, -0.2) is 75.0 Å². The van der Waals surface area contributed by atoms with Gasteiger partial charge in [0, 0.05) is 55.3 Å². The summed E-state index contributed by atoms with van der Waals surface area (Å²) < 4.78 is 27.9. The first-order valence-corrected chi connectivity index (χ1v) is 12.8. The lowest BCUT2D eigenvalue weighted by molar-refractivity contribution is -0.00914. The van der Waals surface area contributed by atoms with Crippen LogP contribution in [0.2, 0.25) is 5.02 Å². The van der Waals surface area contributed by atoms with Gasteiger partial charge in [0.2, 0.25) is 10.0 Å². The highest BCUT2D eigenvalue weighted by atomic mass is 35.5. The topological polar surface area (TPSA) is 52.7 Å². The minimum Gasteiger partial charge on any atom is -0.301 e. The molecule has 4 aliphatic heterocycles. The van der Waals surface area contributed by atoms with E-state index in [2.05, 4.69) is 26.3 Å². The van der Waals surface area contributed by atoms with Gasteiger partial charge in [0.1, 0.15) is 0 Å². The minimum atomic E-state index is -3.48. The smallest absolute Gasteiger partial charge is 0.240 e. The second-order valence-corrected chi connectivity index (χ2v) is 11.3. The molecule has 4 saturated heterocycles. The molecule has 0 saturated carbocycles. The van der Waals surface area contributed by atoms with E-state index in [1.54, 1.807) is 24.3 Å². The highest BCUT2D eigenvalue weighted by molar-refractivity contribution is 7.99. The molecule has 0 aromatic heterocycles. The highest BCUT2D eigenvalue weighted by Crippen LogP contribution is 2.36. The zero-order chi connectivity index (χ0) is 18.9. The van der Waals surface area contributed by atoms with Gasteiger partial charge in [-0.2, -0.15) is 11.8 Å². The van der Waals surface area contributed by atoms with Crippen molar-refractivity contribution in [2.75, 3.05) is 50.8 Å². The summed E-state index contributed by atoms with van der Waals surface area (Å²) in [6, 6.07) is 6.67. The van der Waals surface area contributed by atoms with Gasteiger partial charge in [-0.3, -0.25) is 4.90 Å². The highest BCUT2D eigenvalue weighted by Gasteiger charge is 2.40. The van der Waals surface area contributed by atoms with E-state index in [0.717, 1.165) is 31.3 Å². The number of hydrogen-bond acceptors (Lipinski definition) is 5. The third-order valence-corrected chi connectivity index (χ3v) is 8.88. The predicted octanol–water partition coefficient (Wildman–Crippen LogP) is 2.38. The summed E-state index contributed by atoms with van der Waals surface area (Å²) in [5.74, 6) is 3.99. The molecule has 5 rings (SSSR count). The summed E-state index contributed by atoms with van der Waals surface area (Å²) in [5, 5.41) is 0.544. The number of rotatable bonds is 6. The van der Waals surface area contributed by atoms with Gasteiger partial charge in [-0.05, 0) is 55.5 Å². The number of fused-ring (bicyclic) bond motifs is 3. The maximum atomic E-state index is 12.5. The lowest BCUT2D eigenvalue weighted by Gasteiger charge is -2.51. The van der Waals surface area contributed by atoms with Gasteiger partial charge in [-0.25, -0.2) is 13.1 Å². The van der Waals surface area contributed by atoms with Crippen LogP contribution in [0.25, 0.3) is 0 Å². The summed E-state index contributed by atoms with van der Waals surface area (Å²) in [6.45, 7) is 6.36. The molecule has 4 atom stereocenters. The fraction of sp³-hybridized carbons (Fsp3) is 0.684. The number of nitrogens with one attached hydrogen (secondary N) is 1. The Balaban J connectivity index is 1.32. The van der Waals surface area contributed by atoms with Crippen molar-refractivity contribution >= 4 is 33.4 Å². The van der Waals surface area contributed by atoms with Crippen LogP contribution in [0.3, 0.4) is 0 Å². The van der Waals surface area contributed by atoms with E-state index in [1.807, 2.05) is 0 Å². The number of benzene rings is 1. The van der Waals surface area contributed by atoms with Crippen molar-refractivity contribution in [2.24, 2.45) is 11.8 Å². The third kappa shape index (κ3) is 4.82. The van der Waals surface area contributed by atoms with E-state index in [0.29, 0.717) is 17.6 Å². The number of thioether (sulfide) groups is 1. The summed E-state index contributed by atoms with van der Waals surface area (Å²) in [6.07, 6.45) is 2.37. The summed E-state index contributed by atoms with van der Waals surface area (Å²) >= 11 is 7.92. The Morgan fingerprint density at radius 3 is 2.56 bits per heavy atom. The van der Waals surface area contributed by atoms with E-state index in [1.165, 1.54) is 37.6 Å². The third-order valence-electron chi connectivity index (χ3n) is 6.24. The van der Waals surface area contributed by atoms with Crippen LogP contribution < -0.4 is 4.72 Å². The van der Waals surface area contributed by atoms with E-state index in [4.69, 9.17) is 11.6 Å². The molecule has 4 aliphatic rings. The lowest BCUT2D eigenvalue weighted by Crippen LogP contribution is -2.58. The number of sulfonamides is 1. The number of hydrogen-bond donors (Lipinski definition) is 1. The Labute approximate surface area is 171 Å². The summed E-state index contributed by atoms with van der Waals surface area (Å²) in [5.41, 5.74) is 0. The van der Waals surface area contributed by atoms with Crippen LogP contribution in [0.15, 0.2) is 29.2 Å². The molecule has 4 unspecified atom stereocenters. The second-order valence-electron chi connectivity index (χ2n) is 7.91. The molecule has 27 heavy (non-hydrogen) atoms. The Hall–Kier alpha value is -0.310. The normalized spacial score (nSPS) is 31.9. The van der Waals surface area contributed by atoms with Crippen molar-refractivity contribution in [3.63, 3.8) is 0 Å². The molecule has 0 aliphatic carbocycles. The molecular weight excluding hydrogens is 402 g/mol. The minimum absolute atomic E-state index is 0.281. The van der Waals surface area contributed by atoms with Gasteiger partial charge in [0.25, 0.3) is 0 Å². The summed E-state index contributed by atoms with van der Waals surface area (Å²) in [4.78, 5) is 5.42. The molecule has 1 aromatic rings. The van der Waals surface area contributed by atoms with Crippen molar-refractivity contribution in [1.82, 2.24) is 14.5 Å². The van der Waals surface area contributed by atoms with Gasteiger partial charge in [-0.15, -0.1) is 0 Å². The Morgan fingerprint density at radius 1 is 1.15 bits per heavy atom. The van der Waals surface area contributed by atoms with Crippen molar-refractivity contribution < 1.29 is 8.42 Å². The summed E-state index contributed by atoms with van der Waals surface area (Å²) in [7, 11) is -3.48. The largest absolute Gasteiger partial charge is 0.301 e. The van der Waals surface area contributed by atoms with Crippen molar-refractivity contribution in [3.8, 4) is 0 Å². The van der Waals surface area contributed by atoms with Crippen LogP contribution in [0.4, 0.5) is 0 Å². The Morgan fingerprint density at radius 2 is 1.89 bits per heavy atom. The van der Waals surface area contributed by atoms with Crippen LogP contribution >= 0.6 is 23.4 Å². The molecule has 1 N–H and O–H groups in total. The van der Waals surface area contributed by atoms with Gasteiger partial charge < -0.3 is 4.90 Å². The quantitative estimate of drug-likeness (QED) is 0.752. The zero-order valence-corrected chi connectivity index (χ0v) is 17.9. The fourth-order valence-electron chi connectivity index (χ4n) is 4.69. The van der Waals surface area contributed by atoms with E-state index in [-0.39, 0.29) is 4.90 Å². The molecular formula is C19H28ClN3O2S2. The molecule has 0 spiro atoms. The van der Waals surface area contributed by atoms with Crippen LogP contribution in [0, 0.1) is 11.8 Å². The number of nitrogens with zero attached hydrogens (tertiary/aromatic N) is 2. The maximum Gasteiger partial charge on any atom is 0.240 e. The first-order chi connectivity index (χ1) is 13.0. The van der Waals surface area contributed by atoms with E-state index >= 15 is 0 Å². The molecule has 150 valence electrons. The zero-order valence-electron chi connectivity index (χ0n) is 15.5. The lowest BCUT2D eigenvalue weighted by atomic mass is 9.75. The van der Waals surface area contributed by atoms with Gasteiger partial charge in [-0.1, -0.05) is 11.6 Å². The van der Waals surface area contributed by atoms with Crippen LogP contribution in [-0.2, 0) is 10.0 Å². The number of piperidine rings is 3. The number of halogens is 1. The first kappa shape index (κ1) is 20.0. The fourth-order valence-corrected chi connectivity index (χ4v) is 6.86. The predicted molar refractivity (Wildman–Crippen MR) is 112 cm³/mol. The van der Waals surface area contributed by atoms with Crippen LogP contribution in [0.1, 0.15) is 12.8 Å². The molecule has 5 nitrogen and oxygen atoms in total. The first-order valence-electron chi connectivity index (χ1n) is 9.80. The molecule has 0 radical (unpaired) electrons. The Bertz CT molecular complexity index is 738. The molecule has 8 heteroatoms. The second kappa shape index (κ2) is 8.59. The van der Waals surface area contributed by atoms with Crippen molar-refractivity contribution in [2.45, 2.75) is 23.8 Å². The van der Waals surface area contributed by atoms with Crippen LogP contribution in [0.5, 0.6) is 0 Å². The molecule has 4 heterocycles. The van der Waals surface area contributed by atoms with Gasteiger partial charge in [0.05, 0.1) is 4.90 Å². The average molecular weight is 430 g/mol. The van der Waals surface area contributed by atoms with E-state index in [9.17, 15) is 8.42 Å².